The van der Waals surface area contributed by atoms with E-state index in [1.807, 2.05) is 36.1 Å². The van der Waals surface area contributed by atoms with Gasteiger partial charge >= 0.3 is 0 Å². The van der Waals surface area contributed by atoms with Crippen LogP contribution in [0.4, 0.5) is 11.4 Å². The molecule has 2 aromatic carbocycles. The van der Waals surface area contributed by atoms with E-state index in [4.69, 9.17) is 4.74 Å². The van der Waals surface area contributed by atoms with E-state index in [-0.39, 0.29) is 11.6 Å². The third-order valence-electron chi connectivity index (χ3n) is 4.63. The molecule has 1 aliphatic rings. The van der Waals surface area contributed by atoms with Crippen molar-refractivity contribution in [2.75, 3.05) is 37.7 Å². The SMILES string of the molecule is CCOc1ccc(/C=C/C(=O)N2CCN(c3ccc([N+](=O)[O-])cc3)CC2)cc1. The van der Waals surface area contributed by atoms with Gasteiger partial charge in [0.2, 0.25) is 5.91 Å². The van der Waals surface area contributed by atoms with Crippen LogP contribution in [-0.2, 0) is 4.79 Å². The molecule has 0 spiro atoms. The Bertz CT molecular complexity index is 839. The first-order valence-electron chi connectivity index (χ1n) is 9.26. The van der Waals surface area contributed by atoms with Gasteiger partial charge in [-0.25, -0.2) is 0 Å². The number of nitro groups is 1. The number of hydrogen-bond acceptors (Lipinski definition) is 5. The Hall–Kier alpha value is -3.35. The Morgan fingerprint density at radius 1 is 1.07 bits per heavy atom. The molecular formula is C21H23N3O4. The lowest BCUT2D eigenvalue weighted by Gasteiger charge is -2.35. The first-order valence-corrected chi connectivity index (χ1v) is 9.26. The lowest BCUT2D eigenvalue weighted by molar-refractivity contribution is -0.384. The summed E-state index contributed by atoms with van der Waals surface area (Å²) in [6.45, 7) is 5.18. The number of non-ortho nitro benzene ring substituents is 1. The highest BCUT2D eigenvalue weighted by atomic mass is 16.6. The van der Waals surface area contributed by atoms with Crippen LogP contribution in [0.3, 0.4) is 0 Å². The van der Waals surface area contributed by atoms with Gasteiger partial charge < -0.3 is 14.5 Å². The number of amides is 1. The second kappa shape index (κ2) is 9.03. The third-order valence-corrected chi connectivity index (χ3v) is 4.63. The molecule has 0 N–H and O–H groups in total. The predicted octanol–water partition coefficient (Wildman–Crippen LogP) is 3.36. The van der Waals surface area contributed by atoms with Crippen LogP contribution in [-0.4, -0.2) is 48.5 Å². The second-order valence-electron chi connectivity index (χ2n) is 6.42. The standard InChI is InChI=1S/C21H23N3O4/c1-2-28-20-10-3-17(4-11-20)5-12-21(25)23-15-13-22(14-16-23)18-6-8-19(9-7-18)24(26)27/h3-12H,2,13-16H2,1H3/b12-5+. The van der Waals surface area contributed by atoms with Gasteiger partial charge in [-0.3, -0.25) is 14.9 Å². The highest BCUT2D eigenvalue weighted by Gasteiger charge is 2.20. The Balaban J connectivity index is 1.52. The van der Waals surface area contributed by atoms with E-state index in [9.17, 15) is 14.9 Å². The molecule has 0 unspecified atom stereocenters. The number of rotatable bonds is 6. The highest BCUT2D eigenvalue weighted by molar-refractivity contribution is 5.92. The van der Waals surface area contributed by atoms with Gasteiger partial charge in [-0.15, -0.1) is 0 Å². The van der Waals surface area contributed by atoms with Crippen molar-refractivity contribution >= 4 is 23.4 Å². The Labute approximate surface area is 164 Å². The van der Waals surface area contributed by atoms with E-state index in [1.165, 1.54) is 12.1 Å². The van der Waals surface area contributed by atoms with Crippen molar-refractivity contribution in [3.8, 4) is 5.75 Å². The monoisotopic (exact) mass is 381 g/mol. The van der Waals surface area contributed by atoms with E-state index in [1.54, 1.807) is 24.3 Å². The average Bonchev–Trinajstić information content (AvgIpc) is 2.73. The number of nitrogens with zero attached hydrogens (tertiary/aromatic N) is 3. The van der Waals surface area contributed by atoms with Gasteiger partial charge in [0.05, 0.1) is 11.5 Å². The summed E-state index contributed by atoms with van der Waals surface area (Å²) in [6, 6.07) is 14.1. The summed E-state index contributed by atoms with van der Waals surface area (Å²) in [6.07, 6.45) is 3.40. The van der Waals surface area contributed by atoms with Crippen LogP contribution in [0.25, 0.3) is 6.08 Å². The second-order valence-corrected chi connectivity index (χ2v) is 6.42. The fraction of sp³-hybridized carbons (Fsp3) is 0.286. The van der Waals surface area contributed by atoms with Gasteiger partial charge in [0.25, 0.3) is 5.69 Å². The van der Waals surface area contributed by atoms with Crippen LogP contribution in [0, 0.1) is 10.1 Å². The first-order chi connectivity index (χ1) is 13.6. The molecule has 1 saturated heterocycles. The molecule has 146 valence electrons. The number of benzene rings is 2. The predicted molar refractivity (Wildman–Crippen MR) is 109 cm³/mol. The summed E-state index contributed by atoms with van der Waals surface area (Å²) in [7, 11) is 0. The molecule has 7 heteroatoms. The van der Waals surface area contributed by atoms with Gasteiger partial charge in [-0.2, -0.15) is 0 Å². The molecule has 1 amide bonds. The largest absolute Gasteiger partial charge is 0.494 e. The molecule has 7 nitrogen and oxygen atoms in total. The maximum atomic E-state index is 12.4. The highest BCUT2D eigenvalue weighted by Crippen LogP contribution is 2.21. The Kier molecular flexibility index (Phi) is 6.26. The van der Waals surface area contributed by atoms with Crippen molar-refractivity contribution in [1.29, 1.82) is 0 Å². The molecule has 0 aromatic heterocycles. The number of ether oxygens (including phenoxy) is 1. The number of hydrogen-bond donors (Lipinski definition) is 0. The van der Waals surface area contributed by atoms with E-state index in [0.717, 1.165) is 17.0 Å². The minimum atomic E-state index is -0.406. The fourth-order valence-electron chi connectivity index (χ4n) is 3.08. The maximum Gasteiger partial charge on any atom is 0.269 e. The molecular weight excluding hydrogens is 358 g/mol. The quantitative estimate of drug-likeness (QED) is 0.436. The van der Waals surface area contributed by atoms with Crippen molar-refractivity contribution in [3.63, 3.8) is 0 Å². The normalized spacial score (nSPS) is 14.3. The zero-order valence-electron chi connectivity index (χ0n) is 15.8. The summed E-state index contributed by atoms with van der Waals surface area (Å²) >= 11 is 0. The molecule has 1 fully saturated rings. The first kappa shape index (κ1) is 19.4. The summed E-state index contributed by atoms with van der Waals surface area (Å²) in [4.78, 5) is 26.7. The molecule has 2 aromatic rings. The van der Waals surface area contributed by atoms with Crippen molar-refractivity contribution < 1.29 is 14.5 Å². The Morgan fingerprint density at radius 3 is 2.29 bits per heavy atom. The molecule has 0 saturated carbocycles. The average molecular weight is 381 g/mol. The van der Waals surface area contributed by atoms with Gasteiger partial charge in [0.1, 0.15) is 5.75 Å². The fourth-order valence-corrected chi connectivity index (χ4v) is 3.08. The summed E-state index contributed by atoms with van der Waals surface area (Å²) < 4.78 is 5.41. The lowest BCUT2D eigenvalue weighted by Crippen LogP contribution is -2.48. The minimum absolute atomic E-state index is 0.0164. The zero-order valence-corrected chi connectivity index (χ0v) is 15.8. The zero-order chi connectivity index (χ0) is 19.9. The van der Waals surface area contributed by atoms with Crippen molar-refractivity contribution in [2.45, 2.75) is 6.92 Å². The molecule has 28 heavy (non-hydrogen) atoms. The minimum Gasteiger partial charge on any atom is -0.494 e. The van der Waals surface area contributed by atoms with Gasteiger partial charge in [-0.05, 0) is 42.8 Å². The summed E-state index contributed by atoms with van der Waals surface area (Å²) in [5.74, 6) is 0.797. The molecule has 0 bridgehead atoms. The maximum absolute atomic E-state index is 12.4. The van der Waals surface area contributed by atoms with Gasteiger partial charge in [0.15, 0.2) is 0 Å². The number of carbonyl (C=O) groups excluding carboxylic acids is 1. The van der Waals surface area contributed by atoms with Crippen molar-refractivity contribution in [1.82, 2.24) is 4.90 Å². The number of anilines is 1. The molecule has 1 aliphatic heterocycles. The smallest absolute Gasteiger partial charge is 0.269 e. The molecule has 0 radical (unpaired) electrons. The van der Waals surface area contributed by atoms with Crippen LogP contribution in [0.15, 0.2) is 54.6 Å². The van der Waals surface area contributed by atoms with E-state index >= 15 is 0 Å². The van der Waals surface area contributed by atoms with Gasteiger partial charge in [-0.1, -0.05) is 12.1 Å². The molecule has 1 heterocycles. The van der Waals surface area contributed by atoms with E-state index < -0.39 is 4.92 Å². The van der Waals surface area contributed by atoms with Crippen LogP contribution in [0.5, 0.6) is 5.75 Å². The molecule has 0 atom stereocenters. The number of nitro benzene ring substituents is 1. The van der Waals surface area contributed by atoms with E-state index in [2.05, 4.69) is 4.90 Å². The third kappa shape index (κ3) is 4.88. The summed E-state index contributed by atoms with van der Waals surface area (Å²) in [5.41, 5.74) is 1.96. The molecule has 0 aliphatic carbocycles. The summed E-state index contributed by atoms with van der Waals surface area (Å²) in [5, 5.41) is 10.8. The van der Waals surface area contributed by atoms with Crippen LogP contribution >= 0.6 is 0 Å². The van der Waals surface area contributed by atoms with E-state index in [0.29, 0.717) is 32.8 Å². The van der Waals surface area contributed by atoms with Gasteiger partial charge in [0, 0.05) is 50.1 Å². The molecule has 3 rings (SSSR count). The number of piperazine rings is 1. The van der Waals surface area contributed by atoms with Crippen molar-refractivity contribution in [3.05, 3.63) is 70.3 Å². The number of carbonyl (C=O) groups is 1. The topological polar surface area (TPSA) is 75.9 Å². The van der Waals surface area contributed by atoms with Crippen LogP contribution in [0.1, 0.15) is 12.5 Å². The Morgan fingerprint density at radius 2 is 1.71 bits per heavy atom. The lowest BCUT2D eigenvalue weighted by atomic mass is 10.2. The van der Waals surface area contributed by atoms with Crippen LogP contribution in [0.2, 0.25) is 0 Å². The van der Waals surface area contributed by atoms with Crippen LogP contribution < -0.4 is 9.64 Å². The van der Waals surface area contributed by atoms with Crippen molar-refractivity contribution in [2.24, 2.45) is 0 Å².